The number of phosphoric acid groups is 1. The van der Waals surface area contributed by atoms with E-state index in [4.69, 9.17) is 9.05 Å². The summed E-state index contributed by atoms with van der Waals surface area (Å²) in [6.45, 7) is 11.1. The summed E-state index contributed by atoms with van der Waals surface area (Å²) in [5.74, 6) is 1.19. The number of fused-ring (bicyclic) bond motifs is 2. The zero-order valence-electron chi connectivity index (χ0n) is 30.5. The first-order chi connectivity index (χ1) is 21.9. The second-order valence-corrected chi connectivity index (χ2v) is 14.7. The predicted molar refractivity (Wildman–Crippen MR) is 190 cm³/mol. The molecule has 0 bridgehead atoms. The van der Waals surface area contributed by atoms with E-state index in [2.05, 4.69) is 58.9 Å². The van der Waals surface area contributed by atoms with E-state index >= 15 is 0 Å². The van der Waals surface area contributed by atoms with Gasteiger partial charge >= 0.3 is 37.4 Å². The number of rotatable bonds is 22. The number of hydrogen-bond donors (Lipinski definition) is 0. The monoisotopic (exact) mass is 662 g/mol. The van der Waals surface area contributed by atoms with Crippen LogP contribution in [0, 0.1) is 0 Å². The Morgan fingerprint density at radius 2 is 0.870 bits per heavy atom. The first-order valence-electron chi connectivity index (χ1n) is 18.9. The quantitative estimate of drug-likeness (QED) is 0.0716. The molecule has 3 rings (SSSR count). The molecule has 0 radical (unpaired) electrons. The van der Waals surface area contributed by atoms with Crippen LogP contribution in [0.4, 0.5) is 0 Å². The van der Waals surface area contributed by atoms with E-state index in [0.29, 0.717) is 11.5 Å². The molecule has 2 aromatic carbocycles. The van der Waals surface area contributed by atoms with E-state index in [0.717, 1.165) is 99.3 Å². The van der Waals surface area contributed by atoms with Gasteiger partial charge in [-0.1, -0.05) is 142 Å². The Morgan fingerprint density at radius 1 is 0.522 bits per heavy atom. The largest absolute Gasteiger partial charge is 1.00 e. The maximum atomic E-state index is 13.8. The standard InChI is InChI=1S/C40H65O4P.Na/c1-6-11-15-17-19-21-26-32-28-30-34(24-13-8-3)39-37(32)36(23-10-5)38-33(27-22-20-18-16-12-7-2)29-31-35(25-14-9-4)40(38)44-45(41,42)43-39;/h28-31,36H,6-27H2,1-5H3,(H,41,42);/q;+1/p-1. The Morgan fingerprint density at radius 3 is 1.26 bits per heavy atom. The molecular formula is C40H64NaO4P. The summed E-state index contributed by atoms with van der Waals surface area (Å²) in [5, 5.41) is 0. The number of unbranched alkanes of at least 4 members (excludes halogenated alkanes) is 12. The topological polar surface area (TPSA) is 58.6 Å². The van der Waals surface area contributed by atoms with Crippen LogP contribution in [0.1, 0.15) is 189 Å². The van der Waals surface area contributed by atoms with E-state index in [-0.39, 0.29) is 35.5 Å². The minimum absolute atomic E-state index is 0. The van der Waals surface area contributed by atoms with Crippen LogP contribution in [0.2, 0.25) is 0 Å². The summed E-state index contributed by atoms with van der Waals surface area (Å²) < 4.78 is 26.0. The summed E-state index contributed by atoms with van der Waals surface area (Å²) in [4.78, 5) is 13.8. The average Bonchev–Trinajstić information content (AvgIpc) is 3.02. The second kappa shape index (κ2) is 22.8. The van der Waals surface area contributed by atoms with Gasteiger partial charge in [0.05, 0.1) is 0 Å². The molecule has 2 aromatic rings. The van der Waals surface area contributed by atoms with Crippen LogP contribution in [-0.4, -0.2) is 0 Å². The van der Waals surface area contributed by atoms with Crippen molar-refractivity contribution < 1.29 is 48.1 Å². The molecule has 1 heterocycles. The molecule has 1 aliphatic rings. The van der Waals surface area contributed by atoms with Gasteiger partial charge in [0.1, 0.15) is 11.5 Å². The van der Waals surface area contributed by atoms with E-state index in [1.165, 1.54) is 75.3 Å². The van der Waals surface area contributed by atoms with Crippen LogP contribution < -0.4 is 43.5 Å². The number of phosphoric ester groups is 1. The molecule has 0 N–H and O–H groups in total. The molecule has 0 unspecified atom stereocenters. The SMILES string of the molecule is CCCCCCCCc1ccc(CCCC)c2c1C(CCC)c1c(CCCCCCCC)ccc(CCCC)c1OP(=O)([O-])O2.[Na+]. The molecule has 46 heavy (non-hydrogen) atoms. The Bertz CT molecular complexity index is 1110. The van der Waals surface area contributed by atoms with Gasteiger partial charge in [-0.15, -0.1) is 0 Å². The normalized spacial score (nSPS) is 17.2. The molecule has 0 spiro atoms. The molecule has 0 aromatic heterocycles. The van der Waals surface area contributed by atoms with Crippen molar-refractivity contribution in [2.45, 2.75) is 182 Å². The number of aryl methyl sites for hydroxylation is 4. The van der Waals surface area contributed by atoms with Gasteiger partial charge in [-0.3, -0.25) is 0 Å². The van der Waals surface area contributed by atoms with Gasteiger partial charge in [-0.05, 0) is 80.0 Å². The molecule has 0 saturated carbocycles. The third-order valence-electron chi connectivity index (χ3n) is 9.61. The Balaban J connectivity index is 0.00000736. The van der Waals surface area contributed by atoms with Gasteiger partial charge in [-0.2, -0.15) is 0 Å². The minimum atomic E-state index is -4.66. The van der Waals surface area contributed by atoms with Crippen molar-refractivity contribution in [3.63, 3.8) is 0 Å². The molecule has 0 saturated heterocycles. The Kier molecular flexibility index (Phi) is 20.5. The molecule has 6 heteroatoms. The van der Waals surface area contributed by atoms with Crippen molar-refractivity contribution in [1.82, 2.24) is 0 Å². The molecule has 0 fully saturated rings. The second-order valence-electron chi connectivity index (χ2n) is 13.5. The maximum Gasteiger partial charge on any atom is 1.00 e. The molecule has 254 valence electrons. The van der Waals surface area contributed by atoms with Gasteiger partial charge in [0.2, 0.25) is 0 Å². The first kappa shape index (κ1) is 41.4. The van der Waals surface area contributed by atoms with Crippen molar-refractivity contribution >= 4 is 7.82 Å². The fraction of sp³-hybridized carbons (Fsp3) is 0.700. The van der Waals surface area contributed by atoms with Gasteiger partial charge < -0.3 is 13.9 Å². The Labute approximate surface area is 305 Å². The Hall–Kier alpha value is -0.770. The van der Waals surface area contributed by atoms with E-state index in [9.17, 15) is 9.46 Å². The average molecular weight is 663 g/mol. The fourth-order valence-corrected chi connectivity index (χ4v) is 7.99. The maximum absolute atomic E-state index is 13.8. The van der Waals surface area contributed by atoms with Crippen molar-refractivity contribution in [3.05, 3.63) is 57.6 Å². The summed E-state index contributed by atoms with van der Waals surface area (Å²) in [6, 6.07) is 8.88. The minimum Gasteiger partial charge on any atom is -0.736 e. The van der Waals surface area contributed by atoms with Crippen molar-refractivity contribution in [1.29, 1.82) is 0 Å². The molecule has 0 atom stereocenters. The van der Waals surface area contributed by atoms with Gasteiger partial charge in [0.25, 0.3) is 0 Å². The van der Waals surface area contributed by atoms with Gasteiger partial charge in [-0.25, -0.2) is 4.57 Å². The molecule has 4 nitrogen and oxygen atoms in total. The van der Waals surface area contributed by atoms with Crippen molar-refractivity contribution in [2.75, 3.05) is 0 Å². The fourth-order valence-electron chi connectivity index (χ4n) is 7.07. The summed E-state index contributed by atoms with van der Waals surface area (Å²) >= 11 is 0. The predicted octanol–water partition coefficient (Wildman–Crippen LogP) is 9.35. The van der Waals surface area contributed by atoms with Crippen molar-refractivity contribution in [3.8, 4) is 11.5 Å². The van der Waals surface area contributed by atoms with Crippen LogP contribution in [0.25, 0.3) is 0 Å². The molecule has 0 amide bonds. The number of benzene rings is 2. The number of hydrogen-bond acceptors (Lipinski definition) is 4. The third kappa shape index (κ3) is 12.6. The van der Waals surface area contributed by atoms with Gasteiger partial charge in [0, 0.05) is 17.0 Å². The smallest absolute Gasteiger partial charge is 0.736 e. The van der Waals surface area contributed by atoms with Crippen molar-refractivity contribution in [2.24, 2.45) is 0 Å². The molecular weight excluding hydrogens is 598 g/mol. The third-order valence-corrected chi connectivity index (χ3v) is 10.4. The van der Waals surface area contributed by atoms with Gasteiger partial charge in [0.15, 0.2) is 0 Å². The van der Waals surface area contributed by atoms with Crippen LogP contribution >= 0.6 is 7.82 Å². The molecule has 1 aliphatic heterocycles. The van der Waals surface area contributed by atoms with E-state index in [1.54, 1.807) is 0 Å². The zero-order valence-corrected chi connectivity index (χ0v) is 33.4. The zero-order chi connectivity index (χ0) is 32.5. The summed E-state index contributed by atoms with van der Waals surface area (Å²) in [6.07, 6.45) is 24.4. The van der Waals surface area contributed by atoms with Crippen LogP contribution in [0.3, 0.4) is 0 Å². The first-order valence-corrected chi connectivity index (χ1v) is 20.4. The summed E-state index contributed by atoms with van der Waals surface area (Å²) in [7, 11) is -4.66. The molecule has 0 aliphatic carbocycles. The van der Waals surface area contributed by atoms with Crippen LogP contribution in [0.5, 0.6) is 11.5 Å². The van der Waals surface area contributed by atoms with Crippen LogP contribution in [-0.2, 0) is 30.2 Å². The van der Waals surface area contributed by atoms with E-state index < -0.39 is 7.82 Å². The van der Waals surface area contributed by atoms with Crippen LogP contribution in [0.15, 0.2) is 24.3 Å². The van der Waals surface area contributed by atoms with E-state index in [1.807, 2.05) is 0 Å². The summed E-state index contributed by atoms with van der Waals surface area (Å²) in [5.41, 5.74) is 6.77.